The largest absolute Gasteiger partial charge is 0.266 e. The van der Waals surface area contributed by atoms with Gasteiger partial charge in [0.2, 0.25) is 0 Å². The summed E-state index contributed by atoms with van der Waals surface area (Å²) in [5.41, 5.74) is 1.41. The molecule has 2 atom stereocenters. The van der Waals surface area contributed by atoms with E-state index in [-0.39, 0.29) is 0 Å². The molecule has 63 valence electrons. The van der Waals surface area contributed by atoms with Gasteiger partial charge in [0.15, 0.2) is 0 Å². The van der Waals surface area contributed by atoms with E-state index in [0.717, 1.165) is 12.0 Å². The zero-order valence-electron chi connectivity index (χ0n) is 7.16. The standard InChI is InChI=1S/C10H13N2/c1-2-4-10-8(3-1)7-9-5-6-11-12(9)10/h5,8,10H,1-4,7H2. The molecular weight excluding hydrogens is 148 g/mol. The normalized spacial score (nSPS) is 33.0. The second-order valence-electron chi connectivity index (χ2n) is 4.03. The Morgan fingerprint density at radius 2 is 2.33 bits per heavy atom. The molecular formula is C10H13N2. The van der Waals surface area contributed by atoms with E-state index in [1.165, 1.54) is 37.8 Å². The Hall–Kier alpha value is -0.790. The second-order valence-corrected chi connectivity index (χ2v) is 4.03. The van der Waals surface area contributed by atoms with Crippen LogP contribution >= 0.6 is 0 Å². The molecule has 1 saturated carbocycles. The Morgan fingerprint density at radius 1 is 1.42 bits per heavy atom. The lowest BCUT2D eigenvalue weighted by molar-refractivity contribution is 0.263. The molecule has 1 aromatic heterocycles. The third-order valence-corrected chi connectivity index (χ3v) is 3.35. The SMILES string of the molecule is [c]1cc2n(n1)C1CCCCC1C2. The van der Waals surface area contributed by atoms with Crippen molar-refractivity contribution < 1.29 is 0 Å². The summed E-state index contributed by atoms with van der Waals surface area (Å²) in [7, 11) is 0. The van der Waals surface area contributed by atoms with Crippen molar-refractivity contribution >= 4 is 0 Å². The fraction of sp³-hybridized carbons (Fsp3) is 0.700. The van der Waals surface area contributed by atoms with Gasteiger partial charge in [-0.25, -0.2) is 0 Å². The highest BCUT2D eigenvalue weighted by Gasteiger charge is 2.34. The van der Waals surface area contributed by atoms with Crippen LogP contribution in [0, 0.1) is 12.1 Å². The Balaban J connectivity index is 1.98. The molecule has 1 aromatic rings. The maximum atomic E-state index is 4.27. The summed E-state index contributed by atoms with van der Waals surface area (Å²) in [5.74, 6) is 0.899. The molecule has 2 heteroatoms. The fourth-order valence-corrected chi connectivity index (χ4v) is 2.75. The van der Waals surface area contributed by atoms with Crippen molar-refractivity contribution in [3.8, 4) is 0 Å². The van der Waals surface area contributed by atoms with Gasteiger partial charge in [-0.15, -0.1) is 0 Å². The van der Waals surface area contributed by atoms with E-state index in [0.29, 0.717) is 0 Å². The summed E-state index contributed by atoms with van der Waals surface area (Å²) in [5, 5.41) is 4.27. The number of hydrogen-bond donors (Lipinski definition) is 0. The smallest absolute Gasteiger partial charge is 0.113 e. The Bertz CT molecular complexity index is 290. The lowest BCUT2D eigenvalue weighted by Crippen LogP contribution is -2.17. The molecule has 0 amide bonds. The second kappa shape index (κ2) is 2.35. The average molecular weight is 161 g/mol. The third kappa shape index (κ3) is 0.780. The van der Waals surface area contributed by atoms with Crippen molar-refractivity contribution in [1.82, 2.24) is 9.78 Å². The Labute approximate surface area is 72.6 Å². The summed E-state index contributed by atoms with van der Waals surface area (Å²) in [4.78, 5) is 0. The Kier molecular flexibility index (Phi) is 1.31. The van der Waals surface area contributed by atoms with Gasteiger partial charge in [0.1, 0.15) is 6.20 Å². The topological polar surface area (TPSA) is 17.8 Å². The molecule has 0 saturated heterocycles. The maximum absolute atomic E-state index is 4.27. The van der Waals surface area contributed by atoms with Gasteiger partial charge in [0.25, 0.3) is 0 Å². The van der Waals surface area contributed by atoms with Crippen molar-refractivity contribution in [2.45, 2.75) is 38.1 Å². The van der Waals surface area contributed by atoms with Crippen LogP contribution in [-0.2, 0) is 6.42 Å². The van der Waals surface area contributed by atoms with E-state index in [1.807, 2.05) is 0 Å². The van der Waals surface area contributed by atoms with Crippen molar-refractivity contribution in [1.29, 1.82) is 0 Å². The molecule has 2 heterocycles. The molecule has 3 rings (SSSR count). The minimum atomic E-state index is 0.722. The average Bonchev–Trinajstić information content (AvgIpc) is 2.62. The predicted octanol–water partition coefficient (Wildman–Crippen LogP) is 1.97. The third-order valence-electron chi connectivity index (χ3n) is 3.35. The van der Waals surface area contributed by atoms with E-state index in [2.05, 4.69) is 22.0 Å². The molecule has 0 aromatic carbocycles. The zero-order chi connectivity index (χ0) is 7.97. The molecule has 1 aliphatic carbocycles. The molecule has 0 bridgehead atoms. The summed E-state index contributed by atoms with van der Waals surface area (Å²) in [6.45, 7) is 0. The van der Waals surface area contributed by atoms with E-state index in [9.17, 15) is 0 Å². The van der Waals surface area contributed by atoms with Crippen LogP contribution < -0.4 is 0 Å². The van der Waals surface area contributed by atoms with Crippen molar-refractivity contribution in [3.05, 3.63) is 18.0 Å². The minimum absolute atomic E-state index is 0.722. The summed E-state index contributed by atoms with van der Waals surface area (Å²) in [6.07, 6.45) is 9.76. The van der Waals surface area contributed by atoms with E-state index in [1.54, 1.807) is 0 Å². The van der Waals surface area contributed by atoms with Crippen LogP contribution in [0.1, 0.15) is 37.4 Å². The molecule has 2 unspecified atom stereocenters. The van der Waals surface area contributed by atoms with Crippen LogP contribution in [-0.4, -0.2) is 9.78 Å². The molecule has 1 fully saturated rings. The molecule has 2 nitrogen and oxygen atoms in total. The van der Waals surface area contributed by atoms with Gasteiger partial charge in [-0.05, 0) is 31.2 Å². The minimum Gasteiger partial charge on any atom is -0.266 e. The summed E-state index contributed by atoms with van der Waals surface area (Å²) >= 11 is 0. The zero-order valence-corrected chi connectivity index (χ0v) is 7.16. The van der Waals surface area contributed by atoms with Crippen LogP contribution in [0.25, 0.3) is 0 Å². The van der Waals surface area contributed by atoms with Crippen molar-refractivity contribution in [2.24, 2.45) is 5.92 Å². The number of hydrogen-bond acceptors (Lipinski definition) is 1. The van der Waals surface area contributed by atoms with Gasteiger partial charge in [-0.1, -0.05) is 12.8 Å². The lowest BCUT2D eigenvalue weighted by Gasteiger charge is -2.25. The number of fused-ring (bicyclic) bond motifs is 3. The first-order chi connectivity index (χ1) is 5.95. The van der Waals surface area contributed by atoms with E-state index >= 15 is 0 Å². The van der Waals surface area contributed by atoms with Crippen LogP contribution in [0.2, 0.25) is 0 Å². The monoisotopic (exact) mass is 161 g/mol. The number of nitrogens with zero attached hydrogens (tertiary/aromatic N) is 2. The van der Waals surface area contributed by atoms with Gasteiger partial charge in [0, 0.05) is 5.69 Å². The maximum Gasteiger partial charge on any atom is 0.113 e. The van der Waals surface area contributed by atoms with Crippen LogP contribution in [0.15, 0.2) is 6.07 Å². The van der Waals surface area contributed by atoms with Gasteiger partial charge >= 0.3 is 0 Å². The van der Waals surface area contributed by atoms with Gasteiger partial charge < -0.3 is 0 Å². The summed E-state index contributed by atoms with van der Waals surface area (Å²) in [6, 6.07) is 2.78. The van der Waals surface area contributed by atoms with E-state index in [4.69, 9.17) is 0 Å². The molecule has 1 aliphatic heterocycles. The number of aromatic nitrogens is 2. The highest BCUT2D eigenvalue weighted by atomic mass is 15.3. The quantitative estimate of drug-likeness (QED) is 0.569. The van der Waals surface area contributed by atoms with Crippen LogP contribution in [0.3, 0.4) is 0 Å². The lowest BCUT2D eigenvalue weighted by atomic mass is 9.85. The highest BCUT2D eigenvalue weighted by Crippen LogP contribution is 2.40. The van der Waals surface area contributed by atoms with Gasteiger partial charge in [-0.3, -0.25) is 4.68 Å². The summed E-state index contributed by atoms with van der Waals surface area (Å²) < 4.78 is 2.21. The molecule has 2 aliphatic rings. The van der Waals surface area contributed by atoms with Crippen LogP contribution in [0.4, 0.5) is 0 Å². The van der Waals surface area contributed by atoms with Gasteiger partial charge in [0.05, 0.1) is 6.04 Å². The first-order valence-electron chi connectivity index (χ1n) is 4.89. The number of rotatable bonds is 0. The first kappa shape index (κ1) is 6.70. The van der Waals surface area contributed by atoms with Gasteiger partial charge in [-0.2, -0.15) is 5.10 Å². The Morgan fingerprint density at radius 3 is 3.33 bits per heavy atom. The molecule has 0 N–H and O–H groups in total. The predicted molar refractivity (Wildman–Crippen MR) is 45.8 cm³/mol. The van der Waals surface area contributed by atoms with Crippen molar-refractivity contribution in [3.63, 3.8) is 0 Å². The molecule has 12 heavy (non-hydrogen) atoms. The molecule has 1 radical (unpaired) electrons. The highest BCUT2D eigenvalue weighted by molar-refractivity contribution is 5.09. The first-order valence-corrected chi connectivity index (χ1v) is 4.89. The molecule has 0 spiro atoms. The van der Waals surface area contributed by atoms with Crippen molar-refractivity contribution in [2.75, 3.05) is 0 Å². The fourth-order valence-electron chi connectivity index (χ4n) is 2.75. The van der Waals surface area contributed by atoms with Crippen LogP contribution in [0.5, 0.6) is 0 Å². The van der Waals surface area contributed by atoms with E-state index < -0.39 is 0 Å².